The lowest BCUT2D eigenvalue weighted by atomic mass is 10.1. The number of nitrogens with zero attached hydrogens (tertiary/aromatic N) is 3. The second kappa shape index (κ2) is 8.88. The summed E-state index contributed by atoms with van der Waals surface area (Å²) in [5, 5.41) is 2.96. The van der Waals surface area contributed by atoms with Crippen molar-refractivity contribution in [1.29, 1.82) is 0 Å². The lowest BCUT2D eigenvalue weighted by Crippen LogP contribution is -2.15. The summed E-state index contributed by atoms with van der Waals surface area (Å²) < 4.78 is 0. The van der Waals surface area contributed by atoms with E-state index in [4.69, 9.17) is 4.98 Å². The van der Waals surface area contributed by atoms with Gasteiger partial charge in [0, 0.05) is 40.3 Å². The van der Waals surface area contributed by atoms with E-state index in [-0.39, 0.29) is 5.91 Å². The Kier molecular flexibility index (Phi) is 5.86. The number of hydrogen-bond donors (Lipinski definition) is 1. The van der Waals surface area contributed by atoms with E-state index >= 15 is 0 Å². The number of carbonyl (C=O) groups is 1. The average molecular weight is 413 g/mol. The van der Waals surface area contributed by atoms with Gasteiger partial charge in [-0.1, -0.05) is 35.9 Å². The van der Waals surface area contributed by atoms with Gasteiger partial charge in [0.1, 0.15) is 0 Å². The third-order valence-electron chi connectivity index (χ3n) is 4.62. The Morgan fingerprint density at radius 2 is 1.73 bits per heavy atom. The largest absolute Gasteiger partial charge is 0.322 e. The molecule has 0 aliphatic carbocycles. The van der Waals surface area contributed by atoms with Crippen LogP contribution in [-0.2, 0) is 0 Å². The first-order chi connectivity index (χ1) is 14.6. The molecule has 4 aromatic rings. The Morgan fingerprint density at radius 1 is 0.967 bits per heavy atom. The Morgan fingerprint density at radius 3 is 2.47 bits per heavy atom. The minimum absolute atomic E-state index is 0.254. The number of benzene rings is 2. The number of aromatic nitrogens is 3. The highest BCUT2D eigenvalue weighted by atomic mass is 32.2. The van der Waals surface area contributed by atoms with E-state index in [0.717, 1.165) is 27.3 Å². The second-order valence-corrected chi connectivity index (χ2v) is 7.62. The molecule has 5 nitrogen and oxygen atoms in total. The third kappa shape index (κ3) is 4.39. The molecule has 1 amide bonds. The van der Waals surface area contributed by atoms with Crippen LogP contribution in [0.1, 0.15) is 15.9 Å². The van der Waals surface area contributed by atoms with Crippen LogP contribution in [0.3, 0.4) is 0 Å². The van der Waals surface area contributed by atoms with Gasteiger partial charge < -0.3 is 5.32 Å². The maximum atomic E-state index is 13.1. The van der Waals surface area contributed by atoms with Crippen molar-refractivity contribution >= 4 is 23.4 Å². The topological polar surface area (TPSA) is 67.8 Å². The number of aryl methyl sites for hydroxylation is 1. The minimum Gasteiger partial charge on any atom is -0.322 e. The molecule has 148 valence electrons. The molecular weight excluding hydrogens is 392 g/mol. The number of amides is 1. The summed E-state index contributed by atoms with van der Waals surface area (Å²) in [7, 11) is 0. The zero-order valence-electron chi connectivity index (χ0n) is 16.7. The fourth-order valence-corrected chi connectivity index (χ4v) is 3.48. The highest BCUT2D eigenvalue weighted by Gasteiger charge is 2.17. The van der Waals surface area contributed by atoms with Crippen LogP contribution in [-0.4, -0.2) is 27.1 Å². The lowest BCUT2D eigenvalue weighted by molar-refractivity contribution is 0.102. The highest BCUT2D eigenvalue weighted by molar-refractivity contribution is 7.98. The van der Waals surface area contributed by atoms with E-state index in [1.807, 2.05) is 73.8 Å². The van der Waals surface area contributed by atoms with Crippen LogP contribution in [0, 0.1) is 6.92 Å². The van der Waals surface area contributed by atoms with Crippen LogP contribution in [0.15, 0.2) is 84.1 Å². The molecule has 6 heteroatoms. The number of pyridine rings is 1. The Labute approximate surface area is 179 Å². The summed E-state index contributed by atoms with van der Waals surface area (Å²) in [5.41, 5.74) is 4.58. The molecule has 2 heterocycles. The molecule has 0 saturated carbocycles. The van der Waals surface area contributed by atoms with Crippen LogP contribution in [0.5, 0.6) is 0 Å². The van der Waals surface area contributed by atoms with Crippen LogP contribution in [0.2, 0.25) is 0 Å². The van der Waals surface area contributed by atoms with Gasteiger partial charge in [-0.05, 0) is 43.5 Å². The first-order valence-electron chi connectivity index (χ1n) is 9.44. The van der Waals surface area contributed by atoms with Gasteiger partial charge >= 0.3 is 0 Å². The number of carbonyl (C=O) groups excluding carboxylic acids is 1. The SMILES string of the molecule is CSc1cccc(NC(=O)c2cnc(-c3ccc(C)cc3)nc2-c2ccncc2)c1. The van der Waals surface area contributed by atoms with Gasteiger partial charge in [0.05, 0.1) is 11.3 Å². The van der Waals surface area contributed by atoms with Gasteiger partial charge in [0.15, 0.2) is 5.82 Å². The zero-order valence-corrected chi connectivity index (χ0v) is 17.5. The van der Waals surface area contributed by atoms with Crippen LogP contribution >= 0.6 is 11.8 Å². The molecule has 0 aliphatic rings. The molecule has 2 aromatic heterocycles. The molecule has 0 atom stereocenters. The lowest BCUT2D eigenvalue weighted by Gasteiger charge is -2.12. The summed E-state index contributed by atoms with van der Waals surface area (Å²) in [5.74, 6) is 0.318. The highest BCUT2D eigenvalue weighted by Crippen LogP contribution is 2.26. The van der Waals surface area contributed by atoms with Gasteiger partial charge in [-0.15, -0.1) is 11.8 Å². The maximum absolute atomic E-state index is 13.1. The molecule has 0 bridgehead atoms. The van der Waals surface area contributed by atoms with Crippen LogP contribution in [0.25, 0.3) is 22.6 Å². The summed E-state index contributed by atoms with van der Waals surface area (Å²) in [4.78, 5) is 27.4. The number of thioether (sulfide) groups is 1. The van der Waals surface area contributed by atoms with Crippen molar-refractivity contribution in [1.82, 2.24) is 15.0 Å². The van der Waals surface area contributed by atoms with E-state index in [0.29, 0.717) is 17.1 Å². The van der Waals surface area contributed by atoms with Crippen molar-refractivity contribution in [2.45, 2.75) is 11.8 Å². The quantitative estimate of drug-likeness (QED) is 0.439. The molecule has 0 radical (unpaired) electrons. The zero-order chi connectivity index (χ0) is 20.9. The summed E-state index contributed by atoms with van der Waals surface area (Å²) >= 11 is 1.62. The van der Waals surface area contributed by atoms with Crippen molar-refractivity contribution in [2.24, 2.45) is 0 Å². The second-order valence-electron chi connectivity index (χ2n) is 6.74. The van der Waals surface area contributed by atoms with Crippen molar-refractivity contribution in [2.75, 3.05) is 11.6 Å². The fraction of sp³-hybridized carbons (Fsp3) is 0.0833. The van der Waals surface area contributed by atoms with Crippen molar-refractivity contribution < 1.29 is 4.79 Å². The molecule has 0 saturated heterocycles. The first-order valence-corrected chi connectivity index (χ1v) is 10.7. The van der Waals surface area contributed by atoms with Crippen LogP contribution in [0.4, 0.5) is 5.69 Å². The standard InChI is InChI=1S/C24H20N4OS/c1-16-6-8-18(9-7-16)23-26-15-21(22(28-23)17-10-12-25-13-11-17)24(29)27-19-4-3-5-20(14-19)30-2/h3-15H,1-2H3,(H,27,29). The number of nitrogens with one attached hydrogen (secondary N) is 1. The Bertz CT molecular complexity index is 1180. The molecular formula is C24H20N4OS. The average Bonchev–Trinajstić information content (AvgIpc) is 2.80. The minimum atomic E-state index is -0.254. The van der Waals surface area contributed by atoms with Gasteiger partial charge in [0.2, 0.25) is 0 Å². The molecule has 0 unspecified atom stereocenters. The number of rotatable bonds is 5. The van der Waals surface area contributed by atoms with E-state index < -0.39 is 0 Å². The van der Waals surface area contributed by atoms with E-state index in [1.54, 1.807) is 30.4 Å². The third-order valence-corrected chi connectivity index (χ3v) is 5.35. The summed E-state index contributed by atoms with van der Waals surface area (Å²) in [6.45, 7) is 2.03. The van der Waals surface area contributed by atoms with Crippen LogP contribution < -0.4 is 5.32 Å². The molecule has 0 spiro atoms. The van der Waals surface area contributed by atoms with Gasteiger partial charge in [-0.3, -0.25) is 9.78 Å². The van der Waals surface area contributed by atoms with E-state index in [1.165, 1.54) is 0 Å². The predicted octanol–water partition coefficient (Wildman–Crippen LogP) is 5.49. The van der Waals surface area contributed by atoms with Crippen molar-refractivity contribution in [3.05, 3.63) is 90.4 Å². The molecule has 0 fully saturated rings. The normalized spacial score (nSPS) is 10.6. The molecule has 1 N–H and O–H groups in total. The van der Waals surface area contributed by atoms with E-state index in [9.17, 15) is 4.79 Å². The van der Waals surface area contributed by atoms with E-state index in [2.05, 4.69) is 15.3 Å². The van der Waals surface area contributed by atoms with Gasteiger partial charge in [-0.25, -0.2) is 9.97 Å². The Hall–Kier alpha value is -3.51. The van der Waals surface area contributed by atoms with Gasteiger partial charge in [-0.2, -0.15) is 0 Å². The molecule has 2 aromatic carbocycles. The first kappa shape index (κ1) is 19.8. The monoisotopic (exact) mass is 412 g/mol. The summed E-state index contributed by atoms with van der Waals surface area (Å²) in [6, 6.07) is 19.4. The molecule has 30 heavy (non-hydrogen) atoms. The van der Waals surface area contributed by atoms with Gasteiger partial charge in [0.25, 0.3) is 5.91 Å². The Balaban J connectivity index is 1.74. The van der Waals surface area contributed by atoms with Crippen molar-refractivity contribution in [3.8, 4) is 22.6 Å². The van der Waals surface area contributed by atoms with Crippen molar-refractivity contribution in [3.63, 3.8) is 0 Å². The molecule has 0 aliphatic heterocycles. The fourth-order valence-electron chi connectivity index (χ4n) is 3.02. The number of anilines is 1. The number of hydrogen-bond acceptors (Lipinski definition) is 5. The smallest absolute Gasteiger partial charge is 0.259 e. The molecule has 4 rings (SSSR count). The maximum Gasteiger partial charge on any atom is 0.259 e. The summed E-state index contributed by atoms with van der Waals surface area (Å²) in [6.07, 6.45) is 6.96. The predicted molar refractivity (Wildman–Crippen MR) is 122 cm³/mol.